The first-order valence-corrected chi connectivity index (χ1v) is 6.30. The molecule has 0 radical (unpaired) electrons. The molecule has 88 valence electrons. The lowest BCUT2D eigenvalue weighted by atomic mass is 10.1. The molecule has 0 N–H and O–H groups in total. The zero-order valence-electron chi connectivity index (χ0n) is 9.85. The van der Waals surface area contributed by atoms with Crippen molar-refractivity contribution in [2.45, 2.75) is 38.8 Å². The second kappa shape index (κ2) is 4.09. The monoisotopic (exact) mass is 221 g/mol. The fraction of sp³-hybridized carbons (Fsp3) is 0.750. The SMILES string of the molecule is CCCc1cnn2c1OCC(N1CCC1)C2. The molecule has 0 aliphatic carbocycles. The van der Waals surface area contributed by atoms with Crippen molar-refractivity contribution in [1.82, 2.24) is 14.7 Å². The Morgan fingerprint density at radius 3 is 3.06 bits per heavy atom. The number of fused-ring (bicyclic) bond motifs is 1. The Morgan fingerprint density at radius 2 is 2.38 bits per heavy atom. The molecule has 16 heavy (non-hydrogen) atoms. The molecule has 1 unspecified atom stereocenters. The van der Waals surface area contributed by atoms with E-state index >= 15 is 0 Å². The van der Waals surface area contributed by atoms with Crippen LogP contribution < -0.4 is 4.74 Å². The third-order valence-electron chi connectivity index (χ3n) is 3.58. The van der Waals surface area contributed by atoms with Crippen LogP contribution in [0.5, 0.6) is 5.88 Å². The summed E-state index contributed by atoms with van der Waals surface area (Å²) in [5.74, 6) is 1.01. The molecule has 0 amide bonds. The van der Waals surface area contributed by atoms with Gasteiger partial charge in [0.05, 0.1) is 18.8 Å². The van der Waals surface area contributed by atoms with Gasteiger partial charge in [0.15, 0.2) is 0 Å². The Bertz CT molecular complexity index is 370. The first-order valence-electron chi connectivity index (χ1n) is 6.30. The van der Waals surface area contributed by atoms with E-state index in [2.05, 4.69) is 16.9 Å². The normalized spacial score (nSPS) is 24.7. The summed E-state index contributed by atoms with van der Waals surface area (Å²) in [4.78, 5) is 2.49. The van der Waals surface area contributed by atoms with Crippen molar-refractivity contribution in [3.8, 4) is 5.88 Å². The van der Waals surface area contributed by atoms with Crippen LogP contribution in [0.25, 0.3) is 0 Å². The molecule has 3 rings (SSSR count). The molecular weight excluding hydrogens is 202 g/mol. The quantitative estimate of drug-likeness (QED) is 0.770. The highest BCUT2D eigenvalue weighted by Crippen LogP contribution is 2.26. The van der Waals surface area contributed by atoms with Crippen molar-refractivity contribution in [3.05, 3.63) is 11.8 Å². The van der Waals surface area contributed by atoms with Gasteiger partial charge in [-0.1, -0.05) is 13.3 Å². The minimum Gasteiger partial charge on any atom is -0.476 e. The predicted molar refractivity (Wildman–Crippen MR) is 61.7 cm³/mol. The van der Waals surface area contributed by atoms with Crippen molar-refractivity contribution in [2.75, 3.05) is 19.7 Å². The van der Waals surface area contributed by atoms with Crippen LogP contribution >= 0.6 is 0 Å². The Hall–Kier alpha value is -1.03. The lowest BCUT2D eigenvalue weighted by Gasteiger charge is -2.40. The standard InChI is InChI=1S/C12H19N3O/c1-2-4-10-7-13-15-8-11(9-16-12(10)15)14-5-3-6-14/h7,11H,2-6,8-9H2,1H3. The summed E-state index contributed by atoms with van der Waals surface area (Å²) in [6, 6.07) is 0.538. The van der Waals surface area contributed by atoms with E-state index < -0.39 is 0 Å². The van der Waals surface area contributed by atoms with Crippen LogP contribution in [0, 0.1) is 0 Å². The van der Waals surface area contributed by atoms with Crippen molar-refractivity contribution in [2.24, 2.45) is 0 Å². The van der Waals surface area contributed by atoms with Crippen molar-refractivity contribution in [3.63, 3.8) is 0 Å². The van der Waals surface area contributed by atoms with Gasteiger partial charge in [-0.25, -0.2) is 4.68 Å². The molecule has 2 aliphatic rings. The highest BCUT2D eigenvalue weighted by atomic mass is 16.5. The number of aromatic nitrogens is 2. The Labute approximate surface area is 96.2 Å². The smallest absolute Gasteiger partial charge is 0.215 e. The lowest BCUT2D eigenvalue weighted by molar-refractivity contribution is 0.0427. The summed E-state index contributed by atoms with van der Waals surface area (Å²) in [6.45, 7) is 6.48. The van der Waals surface area contributed by atoms with E-state index in [1.54, 1.807) is 0 Å². The number of ether oxygens (including phenoxy) is 1. The Kier molecular flexibility index (Phi) is 2.59. The molecule has 1 aromatic rings. The Balaban J connectivity index is 1.74. The molecule has 0 spiro atoms. The van der Waals surface area contributed by atoms with Crippen LogP contribution in [-0.4, -0.2) is 40.4 Å². The summed E-state index contributed by atoms with van der Waals surface area (Å²) < 4.78 is 7.91. The van der Waals surface area contributed by atoms with Crippen LogP contribution in [0.3, 0.4) is 0 Å². The summed E-state index contributed by atoms with van der Waals surface area (Å²) in [5.41, 5.74) is 1.27. The van der Waals surface area contributed by atoms with Gasteiger partial charge in [-0.2, -0.15) is 5.10 Å². The van der Waals surface area contributed by atoms with Gasteiger partial charge in [0.2, 0.25) is 5.88 Å². The molecule has 0 bridgehead atoms. The average Bonchev–Trinajstić information content (AvgIpc) is 2.59. The van der Waals surface area contributed by atoms with Crippen LogP contribution in [0.4, 0.5) is 0 Å². The molecule has 4 nitrogen and oxygen atoms in total. The van der Waals surface area contributed by atoms with Gasteiger partial charge in [0.25, 0.3) is 0 Å². The number of aryl methyl sites for hydroxylation is 1. The van der Waals surface area contributed by atoms with Crippen molar-refractivity contribution < 1.29 is 4.74 Å². The van der Waals surface area contributed by atoms with Crippen LogP contribution in [0.15, 0.2) is 6.20 Å². The van der Waals surface area contributed by atoms with E-state index in [0.717, 1.165) is 31.9 Å². The highest BCUT2D eigenvalue weighted by Gasteiger charge is 2.30. The molecule has 1 saturated heterocycles. The summed E-state index contributed by atoms with van der Waals surface area (Å²) >= 11 is 0. The van der Waals surface area contributed by atoms with E-state index in [9.17, 15) is 0 Å². The van der Waals surface area contributed by atoms with E-state index in [4.69, 9.17) is 4.74 Å². The maximum atomic E-state index is 5.88. The molecule has 3 heterocycles. The molecule has 4 heteroatoms. The first kappa shape index (κ1) is 10.1. The highest BCUT2D eigenvalue weighted by molar-refractivity contribution is 5.25. The number of hydrogen-bond acceptors (Lipinski definition) is 3. The largest absolute Gasteiger partial charge is 0.476 e. The maximum Gasteiger partial charge on any atom is 0.215 e. The summed E-state index contributed by atoms with van der Waals surface area (Å²) in [6.07, 6.45) is 5.53. The predicted octanol–water partition coefficient (Wildman–Crippen LogP) is 1.30. The van der Waals surface area contributed by atoms with Gasteiger partial charge in [0.1, 0.15) is 6.61 Å². The zero-order valence-corrected chi connectivity index (χ0v) is 9.85. The van der Waals surface area contributed by atoms with Crippen molar-refractivity contribution >= 4 is 0 Å². The number of hydrogen-bond donors (Lipinski definition) is 0. The molecular formula is C12H19N3O. The van der Waals surface area contributed by atoms with Crippen LogP contribution in [0.2, 0.25) is 0 Å². The first-order chi connectivity index (χ1) is 7.88. The summed E-state index contributed by atoms with van der Waals surface area (Å²) in [7, 11) is 0. The number of nitrogens with zero attached hydrogens (tertiary/aromatic N) is 3. The second-order valence-corrected chi connectivity index (χ2v) is 4.76. The van der Waals surface area contributed by atoms with Crippen molar-refractivity contribution in [1.29, 1.82) is 0 Å². The van der Waals surface area contributed by atoms with E-state index in [0.29, 0.717) is 6.04 Å². The van der Waals surface area contributed by atoms with E-state index in [-0.39, 0.29) is 0 Å². The molecule has 0 aromatic carbocycles. The van der Waals surface area contributed by atoms with Gasteiger partial charge in [-0.05, 0) is 25.9 Å². The fourth-order valence-corrected chi connectivity index (χ4v) is 2.51. The third-order valence-corrected chi connectivity index (χ3v) is 3.58. The molecule has 0 saturated carbocycles. The van der Waals surface area contributed by atoms with Gasteiger partial charge in [0, 0.05) is 5.56 Å². The fourth-order valence-electron chi connectivity index (χ4n) is 2.51. The molecule has 1 fully saturated rings. The molecule has 1 aromatic heterocycles. The third kappa shape index (κ3) is 1.61. The van der Waals surface area contributed by atoms with E-state index in [1.807, 2.05) is 10.9 Å². The maximum absolute atomic E-state index is 5.88. The van der Waals surface area contributed by atoms with Gasteiger partial charge < -0.3 is 4.74 Å². The number of likely N-dealkylation sites (tertiary alicyclic amines) is 1. The minimum absolute atomic E-state index is 0.538. The summed E-state index contributed by atoms with van der Waals surface area (Å²) in [5, 5.41) is 4.43. The van der Waals surface area contributed by atoms with Gasteiger partial charge >= 0.3 is 0 Å². The minimum atomic E-state index is 0.538. The molecule has 2 aliphatic heterocycles. The topological polar surface area (TPSA) is 30.3 Å². The average molecular weight is 221 g/mol. The second-order valence-electron chi connectivity index (χ2n) is 4.76. The van der Waals surface area contributed by atoms with E-state index in [1.165, 1.54) is 25.1 Å². The number of rotatable bonds is 3. The van der Waals surface area contributed by atoms with Crippen LogP contribution in [-0.2, 0) is 13.0 Å². The van der Waals surface area contributed by atoms with Gasteiger partial charge in [-0.15, -0.1) is 0 Å². The Morgan fingerprint density at radius 1 is 1.50 bits per heavy atom. The van der Waals surface area contributed by atoms with Crippen LogP contribution in [0.1, 0.15) is 25.3 Å². The van der Waals surface area contributed by atoms with Gasteiger partial charge in [-0.3, -0.25) is 4.90 Å². The molecule has 1 atom stereocenters. The zero-order chi connectivity index (χ0) is 11.0. The lowest BCUT2D eigenvalue weighted by Crippen LogP contribution is -2.51.